The van der Waals surface area contributed by atoms with Gasteiger partial charge in [0, 0.05) is 36.5 Å². The number of carbonyl (C=O) groups is 1. The van der Waals surface area contributed by atoms with Crippen molar-refractivity contribution in [2.45, 2.75) is 19.9 Å². The molecule has 122 valence electrons. The van der Waals surface area contributed by atoms with Gasteiger partial charge in [-0.1, -0.05) is 19.1 Å². The van der Waals surface area contributed by atoms with Crippen LogP contribution in [0.2, 0.25) is 0 Å². The molecule has 6 heteroatoms. The third-order valence-electron chi connectivity index (χ3n) is 3.01. The summed E-state index contributed by atoms with van der Waals surface area (Å²) in [7, 11) is 0. The number of carbonyl (C=O) groups excluding carboxylic acids is 1. The van der Waals surface area contributed by atoms with Gasteiger partial charge in [0.15, 0.2) is 0 Å². The van der Waals surface area contributed by atoms with Gasteiger partial charge in [0.05, 0.1) is 0 Å². The highest BCUT2D eigenvalue weighted by atomic mass is 32.2. The van der Waals surface area contributed by atoms with Crippen molar-refractivity contribution < 1.29 is 13.9 Å². The number of pyridine rings is 1. The molecule has 0 aliphatic carbocycles. The highest BCUT2D eigenvalue weighted by molar-refractivity contribution is 7.99. The lowest BCUT2D eigenvalue weighted by molar-refractivity contribution is -0.120. The lowest BCUT2D eigenvalue weighted by atomic mass is 10.2. The largest absolute Gasteiger partial charge is 0.439 e. The molecule has 23 heavy (non-hydrogen) atoms. The van der Waals surface area contributed by atoms with E-state index >= 15 is 0 Å². The smallest absolute Gasteiger partial charge is 0.224 e. The van der Waals surface area contributed by atoms with Crippen LogP contribution in [-0.4, -0.2) is 22.4 Å². The molecule has 0 saturated carbocycles. The summed E-state index contributed by atoms with van der Waals surface area (Å²) in [4.78, 5) is 15.9. The fourth-order valence-corrected chi connectivity index (χ4v) is 2.50. The Morgan fingerprint density at radius 1 is 1.35 bits per heavy atom. The summed E-state index contributed by atoms with van der Waals surface area (Å²) in [5.74, 6) is 2.16. The van der Waals surface area contributed by atoms with Crippen LogP contribution in [0.1, 0.15) is 18.9 Å². The molecule has 0 atom stereocenters. The van der Waals surface area contributed by atoms with Crippen molar-refractivity contribution in [2.24, 2.45) is 0 Å². The summed E-state index contributed by atoms with van der Waals surface area (Å²) < 4.78 is 18.8. The first-order valence-corrected chi connectivity index (χ1v) is 8.56. The van der Waals surface area contributed by atoms with Crippen LogP contribution in [0.15, 0.2) is 42.6 Å². The van der Waals surface area contributed by atoms with Gasteiger partial charge < -0.3 is 10.1 Å². The van der Waals surface area contributed by atoms with Crippen molar-refractivity contribution in [3.05, 3.63) is 54.0 Å². The van der Waals surface area contributed by atoms with E-state index in [-0.39, 0.29) is 11.7 Å². The predicted octanol–water partition coefficient (Wildman–Crippen LogP) is 3.77. The molecule has 1 heterocycles. The Kier molecular flexibility index (Phi) is 6.87. The predicted molar refractivity (Wildman–Crippen MR) is 90.2 cm³/mol. The van der Waals surface area contributed by atoms with Crippen molar-refractivity contribution >= 4 is 17.7 Å². The molecule has 4 nitrogen and oxygen atoms in total. The maximum Gasteiger partial charge on any atom is 0.224 e. The molecule has 1 amide bonds. The number of thioether (sulfide) groups is 1. The maximum absolute atomic E-state index is 13.2. The van der Waals surface area contributed by atoms with Gasteiger partial charge in [0.25, 0.3) is 0 Å². The van der Waals surface area contributed by atoms with Crippen LogP contribution in [0, 0.1) is 5.82 Å². The van der Waals surface area contributed by atoms with Crippen molar-refractivity contribution in [1.82, 2.24) is 10.3 Å². The minimum Gasteiger partial charge on any atom is -0.439 e. The molecule has 0 radical (unpaired) electrons. The third-order valence-corrected chi connectivity index (χ3v) is 3.92. The number of nitrogens with one attached hydrogen (secondary N) is 1. The number of amides is 1. The Hall–Kier alpha value is -2.08. The second-order valence-electron chi connectivity index (χ2n) is 4.75. The van der Waals surface area contributed by atoms with Gasteiger partial charge in [-0.15, -0.1) is 0 Å². The molecule has 0 spiro atoms. The maximum atomic E-state index is 13.2. The average molecular weight is 334 g/mol. The normalized spacial score (nSPS) is 10.3. The molecule has 1 N–H and O–H groups in total. The van der Waals surface area contributed by atoms with E-state index in [4.69, 9.17) is 4.74 Å². The van der Waals surface area contributed by atoms with E-state index in [0.717, 1.165) is 17.1 Å². The van der Waals surface area contributed by atoms with Gasteiger partial charge in [-0.2, -0.15) is 11.8 Å². The summed E-state index contributed by atoms with van der Waals surface area (Å²) in [6.07, 6.45) is 2.08. The van der Waals surface area contributed by atoms with Crippen LogP contribution in [0.5, 0.6) is 11.6 Å². The van der Waals surface area contributed by atoms with Gasteiger partial charge in [0.2, 0.25) is 11.8 Å². The number of hydrogen-bond acceptors (Lipinski definition) is 4. The summed E-state index contributed by atoms with van der Waals surface area (Å²) in [6, 6.07) is 9.46. The first kappa shape index (κ1) is 17.3. The van der Waals surface area contributed by atoms with Gasteiger partial charge in [-0.25, -0.2) is 9.37 Å². The zero-order chi connectivity index (χ0) is 16.5. The molecule has 0 unspecified atom stereocenters. The van der Waals surface area contributed by atoms with Crippen LogP contribution in [0.3, 0.4) is 0 Å². The molecule has 1 aromatic heterocycles. The Bertz CT molecular complexity index is 652. The molecular weight excluding hydrogens is 315 g/mol. The molecule has 0 saturated heterocycles. The van der Waals surface area contributed by atoms with Crippen LogP contribution >= 0.6 is 11.8 Å². The number of ether oxygens (including phenoxy) is 1. The van der Waals surface area contributed by atoms with Crippen LogP contribution in [0.4, 0.5) is 4.39 Å². The van der Waals surface area contributed by atoms with Crippen molar-refractivity contribution in [3.8, 4) is 11.6 Å². The molecule has 2 aromatic rings. The van der Waals surface area contributed by atoms with Gasteiger partial charge in [-0.05, 0) is 24.0 Å². The summed E-state index contributed by atoms with van der Waals surface area (Å²) in [5.41, 5.74) is 0.744. The lowest BCUT2D eigenvalue weighted by Gasteiger charge is -2.11. The van der Waals surface area contributed by atoms with Crippen molar-refractivity contribution in [1.29, 1.82) is 0 Å². The van der Waals surface area contributed by atoms with Crippen molar-refractivity contribution in [3.63, 3.8) is 0 Å². The monoisotopic (exact) mass is 334 g/mol. The van der Waals surface area contributed by atoms with Gasteiger partial charge in [-0.3, -0.25) is 4.79 Å². The zero-order valence-corrected chi connectivity index (χ0v) is 13.7. The topological polar surface area (TPSA) is 51.2 Å². The standard InChI is InChI=1S/C17H19FN2O2S/c1-2-23-10-8-16(21)20-12-13-5-4-9-19-17(13)22-15-7-3-6-14(18)11-15/h3-7,9,11H,2,8,10,12H2,1H3,(H,20,21). The fourth-order valence-electron chi connectivity index (χ4n) is 1.88. The van der Waals surface area contributed by atoms with E-state index in [1.165, 1.54) is 12.1 Å². The molecule has 1 aromatic carbocycles. The Labute approximate surface area is 139 Å². The second kappa shape index (κ2) is 9.15. The number of nitrogens with zero attached hydrogens (tertiary/aromatic N) is 1. The number of benzene rings is 1. The SMILES string of the molecule is CCSCCC(=O)NCc1cccnc1Oc1cccc(F)c1. The first-order valence-electron chi connectivity index (χ1n) is 7.40. The zero-order valence-electron chi connectivity index (χ0n) is 12.9. The van der Waals surface area contributed by atoms with Crippen molar-refractivity contribution in [2.75, 3.05) is 11.5 Å². The van der Waals surface area contributed by atoms with E-state index in [1.54, 1.807) is 36.2 Å². The Balaban J connectivity index is 1.96. The molecular formula is C17H19FN2O2S. The van der Waals surface area contributed by atoms with Crippen LogP contribution < -0.4 is 10.1 Å². The van der Waals surface area contributed by atoms with E-state index < -0.39 is 0 Å². The summed E-state index contributed by atoms with van der Waals surface area (Å²) >= 11 is 1.73. The van der Waals surface area contributed by atoms with Crippen LogP contribution in [-0.2, 0) is 11.3 Å². The Morgan fingerprint density at radius 2 is 2.22 bits per heavy atom. The minimum absolute atomic E-state index is 0.00786. The number of hydrogen-bond donors (Lipinski definition) is 1. The molecule has 0 aliphatic heterocycles. The molecule has 0 bridgehead atoms. The fraction of sp³-hybridized carbons (Fsp3) is 0.294. The van der Waals surface area contributed by atoms with Gasteiger partial charge >= 0.3 is 0 Å². The number of aromatic nitrogens is 1. The summed E-state index contributed by atoms with van der Waals surface area (Å²) in [5, 5.41) is 2.85. The van der Waals surface area contributed by atoms with E-state index in [9.17, 15) is 9.18 Å². The van der Waals surface area contributed by atoms with Crippen LogP contribution in [0.25, 0.3) is 0 Å². The molecule has 0 fully saturated rings. The van der Waals surface area contributed by atoms with E-state index in [2.05, 4.69) is 17.2 Å². The van der Waals surface area contributed by atoms with E-state index in [1.807, 2.05) is 6.07 Å². The molecule has 2 rings (SSSR count). The second-order valence-corrected chi connectivity index (χ2v) is 6.14. The summed E-state index contributed by atoms with van der Waals surface area (Å²) in [6.45, 7) is 2.39. The average Bonchev–Trinajstić information content (AvgIpc) is 2.54. The van der Waals surface area contributed by atoms with Gasteiger partial charge in [0.1, 0.15) is 11.6 Å². The van der Waals surface area contributed by atoms with E-state index in [0.29, 0.717) is 24.6 Å². The third kappa shape index (κ3) is 5.90. The number of halogens is 1. The minimum atomic E-state index is -0.373. The molecule has 0 aliphatic rings. The highest BCUT2D eigenvalue weighted by Gasteiger charge is 2.08. The lowest BCUT2D eigenvalue weighted by Crippen LogP contribution is -2.23. The highest BCUT2D eigenvalue weighted by Crippen LogP contribution is 2.23. The quantitative estimate of drug-likeness (QED) is 0.747. The number of rotatable bonds is 8. The first-order chi connectivity index (χ1) is 11.2. The Morgan fingerprint density at radius 3 is 3.00 bits per heavy atom.